The van der Waals surface area contributed by atoms with Gasteiger partial charge in [0.1, 0.15) is 0 Å². The first-order chi connectivity index (χ1) is 7.18. The molecular formula is C13H24O2. The van der Waals surface area contributed by atoms with Crippen LogP contribution in [0.1, 0.15) is 51.9 Å². The minimum atomic E-state index is -0.0785. The monoisotopic (exact) mass is 212 g/mol. The maximum absolute atomic E-state index is 10.1. The van der Waals surface area contributed by atoms with Crippen molar-refractivity contribution in [1.82, 2.24) is 0 Å². The van der Waals surface area contributed by atoms with E-state index in [1.165, 1.54) is 25.7 Å². The number of hydrogen-bond donors (Lipinski definition) is 2. The van der Waals surface area contributed by atoms with Gasteiger partial charge in [-0.25, -0.2) is 0 Å². The zero-order valence-electron chi connectivity index (χ0n) is 9.78. The number of aliphatic hydroxyl groups is 2. The van der Waals surface area contributed by atoms with Gasteiger partial charge in [0.05, 0.1) is 6.10 Å². The van der Waals surface area contributed by atoms with Crippen LogP contribution in [0.4, 0.5) is 0 Å². The summed E-state index contributed by atoms with van der Waals surface area (Å²) in [7, 11) is 0. The average molecular weight is 212 g/mol. The summed E-state index contributed by atoms with van der Waals surface area (Å²) in [5.74, 6) is 1.13. The second-order valence-electron chi connectivity index (χ2n) is 5.71. The largest absolute Gasteiger partial charge is 0.396 e. The van der Waals surface area contributed by atoms with Gasteiger partial charge >= 0.3 is 0 Å². The predicted molar refractivity (Wildman–Crippen MR) is 60.5 cm³/mol. The van der Waals surface area contributed by atoms with E-state index in [-0.39, 0.29) is 6.10 Å². The molecule has 0 spiro atoms. The first-order valence-corrected chi connectivity index (χ1v) is 6.47. The first-order valence-electron chi connectivity index (χ1n) is 6.47. The van der Waals surface area contributed by atoms with E-state index in [2.05, 4.69) is 6.92 Å². The Morgan fingerprint density at radius 2 is 2.00 bits per heavy atom. The molecule has 0 saturated heterocycles. The highest BCUT2D eigenvalue weighted by Crippen LogP contribution is 2.54. The normalized spacial score (nSPS) is 46.2. The Labute approximate surface area is 92.7 Å². The highest BCUT2D eigenvalue weighted by Gasteiger charge is 2.47. The second-order valence-corrected chi connectivity index (χ2v) is 5.71. The molecule has 0 bridgehead atoms. The Kier molecular flexibility index (Phi) is 3.36. The van der Waals surface area contributed by atoms with Crippen LogP contribution >= 0.6 is 0 Å². The molecule has 2 fully saturated rings. The molecule has 2 N–H and O–H groups in total. The lowest BCUT2D eigenvalue weighted by atomic mass is 9.54. The molecule has 0 aromatic heterocycles. The molecule has 0 aromatic carbocycles. The van der Waals surface area contributed by atoms with Crippen molar-refractivity contribution in [2.75, 3.05) is 6.61 Å². The van der Waals surface area contributed by atoms with Gasteiger partial charge in [-0.15, -0.1) is 0 Å². The Morgan fingerprint density at radius 3 is 2.73 bits per heavy atom. The summed E-state index contributed by atoms with van der Waals surface area (Å²) in [6.45, 7) is 2.66. The molecule has 0 radical (unpaired) electrons. The maximum Gasteiger partial charge on any atom is 0.0573 e. The van der Waals surface area contributed by atoms with Gasteiger partial charge in [-0.2, -0.15) is 0 Å². The van der Waals surface area contributed by atoms with Crippen LogP contribution in [0, 0.1) is 17.3 Å². The molecule has 15 heavy (non-hydrogen) atoms. The van der Waals surface area contributed by atoms with Crippen LogP contribution in [0.2, 0.25) is 0 Å². The molecule has 0 aliphatic heterocycles. The second kappa shape index (κ2) is 4.42. The van der Waals surface area contributed by atoms with Crippen LogP contribution in [0.25, 0.3) is 0 Å². The molecule has 0 heterocycles. The van der Waals surface area contributed by atoms with Gasteiger partial charge in [0.15, 0.2) is 0 Å². The van der Waals surface area contributed by atoms with E-state index >= 15 is 0 Å². The molecule has 2 rings (SSSR count). The maximum atomic E-state index is 10.1. The smallest absolute Gasteiger partial charge is 0.0573 e. The Hall–Kier alpha value is -0.0800. The summed E-state index contributed by atoms with van der Waals surface area (Å²) in [5.41, 5.74) is 0.304. The van der Waals surface area contributed by atoms with E-state index < -0.39 is 0 Å². The molecule has 0 aromatic rings. The first kappa shape index (κ1) is 11.4. The zero-order chi connectivity index (χ0) is 10.9. The van der Waals surface area contributed by atoms with E-state index in [1.54, 1.807) is 0 Å². The van der Waals surface area contributed by atoms with Crippen LogP contribution in [0.15, 0.2) is 0 Å². The summed E-state index contributed by atoms with van der Waals surface area (Å²) < 4.78 is 0. The third kappa shape index (κ3) is 1.94. The fraction of sp³-hybridized carbons (Fsp3) is 1.00. The molecule has 88 valence electrons. The minimum Gasteiger partial charge on any atom is -0.396 e. The molecular weight excluding hydrogens is 188 g/mol. The molecule has 2 saturated carbocycles. The molecule has 2 nitrogen and oxygen atoms in total. The third-order valence-electron chi connectivity index (χ3n) is 5.00. The van der Waals surface area contributed by atoms with Crippen LogP contribution in [0.3, 0.4) is 0 Å². The summed E-state index contributed by atoms with van der Waals surface area (Å²) in [5, 5.41) is 19.2. The van der Waals surface area contributed by atoms with E-state index in [9.17, 15) is 5.11 Å². The van der Waals surface area contributed by atoms with Crippen molar-refractivity contribution in [3.8, 4) is 0 Å². The van der Waals surface area contributed by atoms with Gasteiger partial charge in [-0.3, -0.25) is 0 Å². The number of hydrogen-bond acceptors (Lipinski definition) is 2. The zero-order valence-corrected chi connectivity index (χ0v) is 9.78. The lowest BCUT2D eigenvalue weighted by molar-refractivity contribution is -0.0824. The predicted octanol–water partition coefficient (Wildman–Crippen LogP) is 2.34. The fourth-order valence-electron chi connectivity index (χ4n) is 4.09. The van der Waals surface area contributed by atoms with Crippen molar-refractivity contribution in [3.63, 3.8) is 0 Å². The van der Waals surface area contributed by atoms with Gasteiger partial charge in [-0.05, 0) is 49.4 Å². The van der Waals surface area contributed by atoms with Crippen molar-refractivity contribution < 1.29 is 10.2 Å². The fourth-order valence-corrected chi connectivity index (χ4v) is 4.09. The van der Waals surface area contributed by atoms with E-state index in [0.717, 1.165) is 19.3 Å². The number of rotatable bonds is 2. The molecule has 4 atom stereocenters. The Morgan fingerprint density at radius 1 is 1.20 bits per heavy atom. The quantitative estimate of drug-likeness (QED) is 0.737. The highest BCUT2D eigenvalue weighted by atomic mass is 16.3. The Bertz CT molecular complexity index is 215. The van der Waals surface area contributed by atoms with Crippen molar-refractivity contribution in [2.45, 2.75) is 58.0 Å². The Balaban J connectivity index is 2.14. The van der Waals surface area contributed by atoms with Crippen LogP contribution < -0.4 is 0 Å². The van der Waals surface area contributed by atoms with Gasteiger partial charge in [0.25, 0.3) is 0 Å². The van der Waals surface area contributed by atoms with Crippen molar-refractivity contribution in [2.24, 2.45) is 17.3 Å². The third-order valence-corrected chi connectivity index (χ3v) is 5.00. The SMILES string of the molecule is C[C@]12CCC[C@H](O)C1CCCC2CCO. The van der Waals surface area contributed by atoms with E-state index in [4.69, 9.17) is 5.11 Å². The summed E-state index contributed by atoms with van der Waals surface area (Å²) in [6.07, 6.45) is 7.94. The van der Waals surface area contributed by atoms with Gasteiger partial charge in [0.2, 0.25) is 0 Å². The van der Waals surface area contributed by atoms with Crippen LogP contribution in [-0.4, -0.2) is 22.9 Å². The summed E-state index contributed by atoms with van der Waals surface area (Å²) in [4.78, 5) is 0. The topological polar surface area (TPSA) is 40.5 Å². The summed E-state index contributed by atoms with van der Waals surface area (Å²) >= 11 is 0. The highest BCUT2D eigenvalue weighted by molar-refractivity contribution is 4.97. The molecule has 2 aliphatic rings. The van der Waals surface area contributed by atoms with E-state index in [1.807, 2.05) is 0 Å². The molecule has 0 amide bonds. The summed E-state index contributed by atoms with van der Waals surface area (Å²) in [6, 6.07) is 0. The molecule has 2 heteroatoms. The number of aliphatic hydroxyl groups excluding tert-OH is 2. The van der Waals surface area contributed by atoms with Gasteiger partial charge in [0, 0.05) is 6.61 Å². The standard InChI is InChI=1S/C13H24O2/c1-13-8-3-6-12(15)11(13)5-2-4-10(13)7-9-14/h10-12,14-15H,2-9H2,1H3/t10?,11?,12-,13+/m0/s1. The molecule has 2 aliphatic carbocycles. The molecule has 2 unspecified atom stereocenters. The minimum absolute atomic E-state index is 0.0785. The van der Waals surface area contributed by atoms with Crippen molar-refractivity contribution >= 4 is 0 Å². The van der Waals surface area contributed by atoms with Crippen LogP contribution in [0.5, 0.6) is 0 Å². The van der Waals surface area contributed by atoms with E-state index in [0.29, 0.717) is 23.9 Å². The van der Waals surface area contributed by atoms with Gasteiger partial charge in [-0.1, -0.05) is 19.8 Å². The average Bonchev–Trinajstić information content (AvgIpc) is 2.20. The lowest BCUT2D eigenvalue weighted by Crippen LogP contribution is -2.47. The van der Waals surface area contributed by atoms with Crippen molar-refractivity contribution in [1.29, 1.82) is 0 Å². The van der Waals surface area contributed by atoms with Gasteiger partial charge < -0.3 is 10.2 Å². The number of fused-ring (bicyclic) bond motifs is 1. The van der Waals surface area contributed by atoms with Crippen molar-refractivity contribution in [3.05, 3.63) is 0 Å². The van der Waals surface area contributed by atoms with Crippen LogP contribution in [-0.2, 0) is 0 Å². The lowest BCUT2D eigenvalue weighted by Gasteiger charge is -2.52.